The Morgan fingerprint density at radius 3 is 0.273 bits per heavy atom. The summed E-state index contributed by atoms with van der Waals surface area (Å²) in [7, 11) is 0. The van der Waals surface area contributed by atoms with Crippen molar-refractivity contribution >= 4 is 0 Å². The minimum atomic E-state index is 0. The first-order valence-corrected chi connectivity index (χ1v) is 0. The predicted octanol–water partition coefficient (Wildman–Crippen LogP) is -14.5. The van der Waals surface area contributed by atoms with Crippen LogP contribution < -0.4 is 49.6 Å². The van der Waals surface area contributed by atoms with E-state index in [9.17, 15) is 0 Å². The van der Waals surface area contributed by atoms with Crippen LogP contribution in [-0.2, 0) is 89.5 Å². The fourth-order valence-corrected chi connectivity index (χ4v) is 0. The average molecular weight is 984 g/mol. The fraction of sp³-hybridized carbons (Fsp3) is 0. The number of rotatable bonds is 0. The molecule has 0 heterocycles. The fourth-order valence-electron chi connectivity index (χ4n) is 0. The van der Waals surface area contributed by atoms with E-state index in [-0.39, 0.29) is 156 Å². The Kier molecular flexibility index (Phi) is 2470. The van der Waals surface area contributed by atoms with Gasteiger partial charge in [0.25, 0.3) is 0 Å². The number of hydrogen-bond donors (Lipinski definition) is 0. The van der Waals surface area contributed by atoms with E-state index in [1.54, 1.807) is 0 Å². The van der Waals surface area contributed by atoms with E-state index in [0.717, 1.165) is 0 Å². The van der Waals surface area contributed by atoms with Crippen molar-refractivity contribution in [3.05, 3.63) is 0 Å². The summed E-state index contributed by atoms with van der Waals surface area (Å²) in [5.41, 5.74) is 0. The van der Waals surface area contributed by atoms with Gasteiger partial charge in [-0.15, -0.1) is 0 Å². The number of halogens is 4. The third-order valence-corrected chi connectivity index (χ3v) is 0. The molecule has 0 saturated heterocycles. The molecule has 0 aliphatic rings. The van der Waals surface area contributed by atoms with Crippen molar-refractivity contribution in [3.63, 3.8) is 0 Å². The van der Waals surface area contributed by atoms with E-state index < -0.39 is 0 Å². The Labute approximate surface area is 153 Å². The average Bonchev–Trinajstić information content (AvgIpc) is 0. The molecule has 11 heavy (non-hydrogen) atoms. The minimum absolute atomic E-state index is 0. The zero-order valence-corrected chi connectivity index (χ0v) is 15.9. The van der Waals surface area contributed by atoms with Gasteiger partial charge in [-0.3, -0.25) is 0 Å². The summed E-state index contributed by atoms with van der Waals surface area (Å²) in [6.07, 6.45) is 0. The molecule has 0 aromatic carbocycles. The van der Waals surface area contributed by atoms with Gasteiger partial charge in [-0.2, -0.15) is 0 Å². The van der Waals surface area contributed by atoms with Gasteiger partial charge in [-0.1, -0.05) is 0 Å². The van der Waals surface area contributed by atoms with E-state index in [4.69, 9.17) is 0 Å². The molecule has 0 aliphatic heterocycles. The molecular weight excluding hydrogens is 978 g/mol. The molecule has 96 valence electrons. The van der Waals surface area contributed by atoms with E-state index in [2.05, 4.69) is 0 Å². The molecule has 0 saturated carbocycles. The van der Waals surface area contributed by atoms with Gasteiger partial charge in [0, 0.05) is 0 Å². The zero-order chi connectivity index (χ0) is 0. The Morgan fingerprint density at radius 2 is 0.273 bits per heavy atom. The van der Waals surface area contributed by atoms with Crippen molar-refractivity contribution < 1.29 is 156 Å². The van der Waals surface area contributed by atoms with Crippen LogP contribution in [0.4, 0.5) is 0 Å². The monoisotopic (exact) mass is 982 g/mol. The van der Waals surface area contributed by atoms with Gasteiger partial charge in [0.15, 0.2) is 0 Å². The summed E-state index contributed by atoms with van der Waals surface area (Å²) >= 11 is 0. The molecule has 0 spiro atoms. The van der Waals surface area contributed by atoms with E-state index in [0.29, 0.717) is 0 Å². The summed E-state index contributed by atoms with van der Waals surface area (Å²) in [5.74, 6) is 0. The molecule has 0 aliphatic carbocycles. The maximum Gasteiger partial charge on any atom is 1.00 e. The summed E-state index contributed by atoms with van der Waals surface area (Å²) < 4.78 is 0. The van der Waals surface area contributed by atoms with Crippen molar-refractivity contribution in [3.8, 4) is 0 Å². The molecule has 0 aromatic heterocycles. The summed E-state index contributed by atoms with van der Waals surface area (Å²) in [4.78, 5) is 0. The standard InChI is InChI=1S/4Au.4ClH.3H2O/h;;;;4*1H;3*1H2/q4*+1;;;;;;;/p-4. The molecule has 0 bridgehead atoms. The van der Waals surface area contributed by atoms with Crippen molar-refractivity contribution in [2.24, 2.45) is 0 Å². The van der Waals surface area contributed by atoms with Gasteiger partial charge in [-0.25, -0.2) is 0 Å². The van der Waals surface area contributed by atoms with E-state index in [1.807, 2.05) is 0 Å². The molecule has 11 heteroatoms. The summed E-state index contributed by atoms with van der Waals surface area (Å²) in [5, 5.41) is 0. The van der Waals surface area contributed by atoms with Crippen LogP contribution in [0.5, 0.6) is 0 Å². The summed E-state index contributed by atoms with van der Waals surface area (Å²) in [6.45, 7) is 0. The van der Waals surface area contributed by atoms with Crippen molar-refractivity contribution in [1.29, 1.82) is 0 Å². The first kappa shape index (κ1) is 184. The van der Waals surface area contributed by atoms with Crippen LogP contribution >= 0.6 is 0 Å². The third-order valence-electron chi connectivity index (χ3n) is 0. The van der Waals surface area contributed by atoms with E-state index in [1.165, 1.54) is 0 Å². The normalized spacial score (nSPS) is 0. The van der Waals surface area contributed by atoms with Crippen LogP contribution in [0.2, 0.25) is 0 Å². The van der Waals surface area contributed by atoms with Crippen LogP contribution in [0.1, 0.15) is 0 Å². The minimum Gasteiger partial charge on any atom is -1.00 e. The van der Waals surface area contributed by atoms with Gasteiger partial charge >= 0.3 is 89.5 Å². The Bertz CT molecular complexity index is 17.3. The molecule has 0 unspecified atom stereocenters. The molecule has 3 nitrogen and oxygen atoms in total. The SMILES string of the molecule is O.O.O.[Au+].[Au+].[Au+].[Au+].[Cl-].[Cl-].[Cl-].[Cl-]. The maximum absolute atomic E-state index is 0. The largest absolute Gasteiger partial charge is 1.00 e. The van der Waals surface area contributed by atoms with Gasteiger partial charge in [-0.05, 0) is 0 Å². The van der Waals surface area contributed by atoms with Crippen LogP contribution in [0, 0.1) is 0 Å². The topological polar surface area (TPSA) is 94.5 Å². The van der Waals surface area contributed by atoms with Gasteiger partial charge in [0.2, 0.25) is 0 Å². The molecule has 0 rings (SSSR count). The van der Waals surface area contributed by atoms with E-state index >= 15 is 0 Å². The Morgan fingerprint density at radius 1 is 0.273 bits per heavy atom. The zero-order valence-electron chi connectivity index (χ0n) is 4.22. The first-order valence-electron chi connectivity index (χ1n) is 0. The molecule has 0 aromatic rings. The van der Waals surface area contributed by atoms with Gasteiger partial charge < -0.3 is 66.1 Å². The molecule has 0 amide bonds. The number of hydrogen-bond acceptors (Lipinski definition) is 0. The molecule has 0 atom stereocenters. The summed E-state index contributed by atoms with van der Waals surface area (Å²) in [6, 6.07) is 0. The van der Waals surface area contributed by atoms with Crippen LogP contribution in [-0.4, -0.2) is 16.4 Å². The van der Waals surface area contributed by atoms with Crippen LogP contribution in [0.25, 0.3) is 0 Å². The first-order chi connectivity index (χ1) is 0. The van der Waals surface area contributed by atoms with Gasteiger partial charge in [0.05, 0.1) is 0 Å². The van der Waals surface area contributed by atoms with Crippen molar-refractivity contribution in [2.75, 3.05) is 0 Å². The van der Waals surface area contributed by atoms with Gasteiger partial charge in [0.1, 0.15) is 0 Å². The van der Waals surface area contributed by atoms with Crippen LogP contribution in [0.3, 0.4) is 0 Å². The van der Waals surface area contributed by atoms with Crippen molar-refractivity contribution in [1.82, 2.24) is 0 Å². The third kappa shape index (κ3) is 126. The second kappa shape index (κ2) is 148. The molecule has 0 radical (unpaired) electrons. The second-order valence-electron chi connectivity index (χ2n) is 0. The second-order valence-corrected chi connectivity index (χ2v) is 0. The Balaban J connectivity index is 0. The molecule has 6 N–H and O–H groups in total. The van der Waals surface area contributed by atoms with Crippen LogP contribution in [0.15, 0.2) is 0 Å². The quantitative estimate of drug-likeness (QED) is 0.216. The Hall–Kier alpha value is 4.00. The molecule has 0 fully saturated rings. The predicted molar refractivity (Wildman–Crippen MR) is 10.8 cm³/mol. The smallest absolute Gasteiger partial charge is 1.00 e. The molecular formula is H6Au4Cl4O3. The maximum atomic E-state index is 0. The van der Waals surface area contributed by atoms with Crippen molar-refractivity contribution in [2.45, 2.75) is 0 Å².